The smallest absolute Gasteiger partial charge is 0.324 e. The summed E-state index contributed by atoms with van der Waals surface area (Å²) >= 11 is 0. The van der Waals surface area contributed by atoms with Crippen LogP contribution in [0.15, 0.2) is 78.9 Å². The van der Waals surface area contributed by atoms with Gasteiger partial charge in [-0.05, 0) is 80.6 Å². The third-order valence-electron chi connectivity index (χ3n) is 8.58. The number of ketones is 1. The lowest BCUT2D eigenvalue weighted by atomic mass is 9.76. The number of nitrogens with zero attached hydrogens (tertiary/aromatic N) is 2. The molecule has 2 heterocycles. The molecule has 0 radical (unpaired) electrons. The van der Waals surface area contributed by atoms with Crippen LogP contribution in [0.5, 0.6) is 5.75 Å². The molecule has 1 aromatic heterocycles. The second-order valence-corrected chi connectivity index (χ2v) is 12.9. The number of carbonyl (C=O) groups is 2. The molecule has 2 amide bonds. The maximum atomic E-state index is 14.1. The summed E-state index contributed by atoms with van der Waals surface area (Å²) in [5.41, 5.74) is 5.17. The molecule has 1 fully saturated rings. The van der Waals surface area contributed by atoms with Gasteiger partial charge in [0.15, 0.2) is 0 Å². The van der Waals surface area contributed by atoms with E-state index in [-0.39, 0.29) is 29.1 Å². The monoisotopic (exact) mass is 607 g/mol. The Bertz CT molecular complexity index is 1610. The van der Waals surface area contributed by atoms with Crippen LogP contribution in [0.1, 0.15) is 68.3 Å². The zero-order chi connectivity index (χ0) is 32.0. The van der Waals surface area contributed by atoms with Crippen LogP contribution in [0.3, 0.4) is 0 Å². The number of aromatic nitrogens is 2. The van der Waals surface area contributed by atoms with Crippen LogP contribution in [-0.4, -0.2) is 41.8 Å². The number of Topliss-reactive ketones (excluding diaryl/α,β-unsaturated/α-hetero) is 1. The minimum Gasteiger partial charge on any atom is -0.496 e. The highest BCUT2D eigenvalue weighted by molar-refractivity contribution is 6.01. The van der Waals surface area contributed by atoms with E-state index < -0.39 is 0 Å². The summed E-state index contributed by atoms with van der Waals surface area (Å²) in [6, 6.07) is 25.1. The second-order valence-electron chi connectivity index (χ2n) is 12.9. The Hall–Kier alpha value is -4.43. The summed E-state index contributed by atoms with van der Waals surface area (Å²) in [6.07, 6.45) is 2.79. The SMILES string of the molecule is COc1ccccc1CCC(=O)C(c1ccccc1NC(=O)Nc1cc(C(C)(C)C)nn1-c1ccc(C)cc1)C1CCNCC1. The first-order valence-corrected chi connectivity index (χ1v) is 15.8. The van der Waals surface area contributed by atoms with Crippen molar-refractivity contribution >= 4 is 23.3 Å². The highest BCUT2D eigenvalue weighted by Crippen LogP contribution is 2.37. The molecule has 8 nitrogen and oxygen atoms in total. The van der Waals surface area contributed by atoms with Gasteiger partial charge < -0.3 is 15.4 Å². The number of nitrogens with one attached hydrogen (secondary N) is 3. The normalized spacial score (nSPS) is 14.5. The number of aryl methyl sites for hydroxylation is 2. The summed E-state index contributed by atoms with van der Waals surface area (Å²) in [5, 5.41) is 14.4. The highest BCUT2D eigenvalue weighted by atomic mass is 16.5. The van der Waals surface area contributed by atoms with Crippen LogP contribution in [0.2, 0.25) is 0 Å². The topological polar surface area (TPSA) is 97.3 Å². The van der Waals surface area contributed by atoms with Crippen molar-refractivity contribution in [2.24, 2.45) is 5.92 Å². The predicted octanol–water partition coefficient (Wildman–Crippen LogP) is 7.42. The molecule has 8 heteroatoms. The fourth-order valence-electron chi connectivity index (χ4n) is 6.06. The van der Waals surface area contributed by atoms with Gasteiger partial charge in [0.25, 0.3) is 0 Å². The molecule has 236 valence electrons. The number of methoxy groups -OCH3 is 1. The van der Waals surface area contributed by atoms with Gasteiger partial charge in [-0.15, -0.1) is 0 Å². The summed E-state index contributed by atoms with van der Waals surface area (Å²) < 4.78 is 7.30. The summed E-state index contributed by atoms with van der Waals surface area (Å²) in [4.78, 5) is 27.7. The van der Waals surface area contributed by atoms with E-state index in [1.807, 2.05) is 85.8 Å². The number of piperidine rings is 1. The molecule has 1 aliphatic rings. The Morgan fingerprint density at radius 3 is 2.38 bits per heavy atom. The fourth-order valence-corrected chi connectivity index (χ4v) is 6.06. The largest absolute Gasteiger partial charge is 0.496 e. The van der Waals surface area contributed by atoms with Crippen molar-refractivity contribution in [2.45, 2.75) is 64.7 Å². The van der Waals surface area contributed by atoms with E-state index in [1.54, 1.807) is 11.8 Å². The summed E-state index contributed by atoms with van der Waals surface area (Å²) in [6.45, 7) is 10.1. The van der Waals surface area contributed by atoms with Gasteiger partial charge in [0.1, 0.15) is 17.4 Å². The molecule has 45 heavy (non-hydrogen) atoms. The molecule has 1 aliphatic heterocycles. The van der Waals surface area contributed by atoms with Crippen molar-refractivity contribution in [1.82, 2.24) is 15.1 Å². The van der Waals surface area contributed by atoms with Gasteiger partial charge in [-0.2, -0.15) is 5.10 Å². The number of hydrogen-bond donors (Lipinski definition) is 3. The molecule has 1 unspecified atom stereocenters. The number of amides is 2. The molecule has 3 N–H and O–H groups in total. The molecule has 0 aliphatic carbocycles. The summed E-state index contributed by atoms with van der Waals surface area (Å²) in [5.74, 6) is 1.39. The van der Waals surface area contributed by atoms with Crippen LogP contribution >= 0.6 is 0 Å². The first-order chi connectivity index (χ1) is 21.6. The zero-order valence-electron chi connectivity index (χ0n) is 27.0. The molecule has 4 aromatic rings. The standard InChI is InChI=1S/C37H45N5O3/c1-25-14-17-28(18-15-25)42-34(24-33(41-42)37(2,3)4)40-36(44)39-30-12-8-7-11-29(30)35(27-20-22-38-23-21-27)31(43)19-16-26-10-6-9-13-32(26)45-5/h6-15,17-18,24,27,35,38H,16,19-23H2,1-5H3,(H2,39,40,44). The Balaban J connectivity index is 1.40. The van der Waals surface area contributed by atoms with Crippen LogP contribution in [0, 0.1) is 12.8 Å². The van der Waals surface area contributed by atoms with Crippen LogP contribution in [-0.2, 0) is 16.6 Å². The van der Waals surface area contributed by atoms with Crippen molar-refractivity contribution in [1.29, 1.82) is 0 Å². The third-order valence-corrected chi connectivity index (χ3v) is 8.58. The second kappa shape index (κ2) is 14.1. The third kappa shape index (κ3) is 7.81. The summed E-state index contributed by atoms with van der Waals surface area (Å²) in [7, 11) is 1.66. The number of benzene rings is 3. The predicted molar refractivity (Wildman–Crippen MR) is 181 cm³/mol. The maximum absolute atomic E-state index is 14.1. The van der Waals surface area contributed by atoms with Gasteiger partial charge in [0, 0.05) is 29.5 Å². The lowest BCUT2D eigenvalue weighted by Crippen LogP contribution is -2.34. The molecule has 0 spiro atoms. The Morgan fingerprint density at radius 2 is 1.67 bits per heavy atom. The lowest BCUT2D eigenvalue weighted by molar-refractivity contribution is -0.121. The molecule has 3 aromatic carbocycles. The van der Waals surface area contributed by atoms with Gasteiger partial charge >= 0.3 is 6.03 Å². The van der Waals surface area contributed by atoms with Crippen LogP contribution in [0.4, 0.5) is 16.3 Å². The number of urea groups is 1. The molecule has 0 saturated carbocycles. The lowest BCUT2D eigenvalue weighted by Gasteiger charge is -2.31. The number of ether oxygens (including phenoxy) is 1. The van der Waals surface area contributed by atoms with Gasteiger partial charge in [-0.25, -0.2) is 9.48 Å². The van der Waals surface area contributed by atoms with Crippen LogP contribution in [0.25, 0.3) is 5.69 Å². The maximum Gasteiger partial charge on any atom is 0.324 e. The van der Waals surface area contributed by atoms with E-state index in [9.17, 15) is 9.59 Å². The van der Waals surface area contributed by atoms with Crippen molar-refractivity contribution in [2.75, 3.05) is 30.8 Å². The molecule has 1 atom stereocenters. The van der Waals surface area contributed by atoms with Crippen LogP contribution < -0.4 is 20.7 Å². The molecular weight excluding hydrogens is 562 g/mol. The van der Waals surface area contributed by atoms with Crippen molar-refractivity contribution in [3.63, 3.8) is 0 Å². The molecule has 5 rings (SSSR count). The molecule has 1 saturated heterocycles. The highest BCUT2D eigenvalue weighted by Gasteiger charge is 2.32. The average Bonchev–Trinajstić information content (AvgIpc) is 3.46. The van der Waals surface area contributed by atoms with Gasteiger partial charge in [0.05, 0.1) is 18.5 Å². The number of carbonyl (C=O) groups excluding carboxylic acids is 2. The first-order valence-electron chi connectivity index (χ1n) is 15.8. The first kappa shape index (κ1) is 32.0. The fraction of sp³-hybridized carbons (Fsp3) is 0.378. The number of hydrogen-bond acceptors (Lipinski definition) is 5. The minimum absolute atomic E-state index is 0.176. The average molecular weight is 608 g/mol. The van der Waals surface area contributed by atoms with Gasteiger partial charge in [0.2, 0.25) is 0 Å². The van der Waals surface area contributed by atoms with E-state index in [1.165, 1.54) is 0 Å². The Morgan fingerprint density at radius 1 is 0.978 bits per heavy atom. The van der Waals surface area contributed by atoms with Gasteiger partial charge in [-0.3, -0.25) is 10.1 Å². The Labute approximate surface area is 266 Å². The van der Waals surface area contributed by atoms with Crippen molar-refractivity contribution in [3.05, 3.63) is 101 Å². The zero-order valence-corrected chi connectivity index (χ0v) is 27.0. The quantitative estimate of drug-likeness (QED) is 0.174. The Kier molecular flexibility index (Phi) is 10.0. The number of rotatable bonds is 10. The van der Waals surface area contributed by atoms with Crippen molar-refractivity contribution in [3.8, 4) is 11.4 Å². The van der Waals surface area contributed by atoms with Crippen molar-refractivity contribution < 1.29 is 14.3 Å². The molecular formula is C37H45N5O3. The van der Waals surface area contributed by atoms with E-state index in [0.29, 0.717) is 24.3 Å². The van der Waals surface area contributed by atoms with E-state index in [2.05, 4.69) is 36.7 Å². The van der Waals surface area contributed by atoms with E-state index in [0.717, 1.165) is 59.8 Å². The molecule has 0 bridgehead atoms. The number of anilines is 2. The minimum atomic E-state index is -0.387. The van der Waals surface area contributed by atoms with Gasteiger partial charge in [-0.1, -0.05) is 74.9 Å². The van der Waals surface area contributed by atoms with E-state index in [4.69, 9.17) is 9.84 Å². The number of para-hydroxylation sites is 2. The van der Waals surface area contributed by atoms with E-state index >= 15 is 0 Å².